The van der Waals surface area contributed by atoms with Gasteiger partial charge in [-0.25, -0.2) is 10.2 Å². The maximum Gasteiger partial charge on any atom is 0.422 e. The first-order valence-corrected chi connectivity index (χ1v) is 13.2. The summed E-state index contributed by atoms with van der Waals surface area (Å²) in [5, 5.41) is 0. The molecule has 0 unspecified atom stereocenters. The summed E-state index contributed by atoms with van der Waals surface area (Å²) in [5.74, 6) is 0. The van der Waals surface area contributed by atoms with Crippen LogP contribution in [0.25, 0.3) is 0 Å². The highest BCUT2D eigenvalue weighted by Crippen LogP contribution is 2.14. The van der Waals surface area contributed by atoms with E-state index >= 15 is 0 Å². The fourth-order valence-corrected chi connectivity index (χ4v) is 3.73. The molecule has 4 heteroatoms. The van der Waals surface area contributed by atoms with Gasteiger partial charge in [0.1, 0.15) is 5.60 Å². The minimum Gasteiger partial charge on any atom is -0.443 e. The number of carbonyl (C=O) groups excluding carboxylic acids is 1. The van der Waals surface area contributed by atoms with Crippen molar-refractivity contribution in [3.05, 3.63) is 0 Å². The number of unbranched alkanes of at least 4 members (excludes halogenated alkanes) is 18. The molecule has 0 saturated heterocycles. The van der Waals surface area contributed by atoms with Gasteiger partial charge < -0.3 is 4.74 Å². The molecule has 0 saturated carbocycles. The number of nitrogens with one attached hydrogen (secondary N) is 2. The molecule has 0 rings (SSSR count). The summed E-state index contributed by atoms with van der Waals surface area (Å²) in [7, 11) is 0. The zero-order chi connectivity index (χ0) is 22.3. The van der Waals surface area contributed by atoms with Crippen molar-refractivity contribution in [3.8, 4) is 0 Å². The van der Waals surface area contributed by atoms with E-state index in [0.29, 0.717) is 0 Å². The second kappa shape index (κ2) is 21.5. The van der Waals surface area contributed by atoms with Gasteiger partial charge in [-0.2, -0.15) is 0 Å². The molecule has 0 fully saturated rings. The average Bonchev–Trinajstić information content (AvgIpc) is 2.68. The van der Waals surface area contributed by atoms with Gasteiger partial charge in [0.2, 0.25) is 0 Å². The van der Waals surface area contributed by atoms with Crippen molar-refractivity contribution >= 4 is 6.09 Å². The van der Waals surface area contributed by atoms with Crippen LogP contribution in [0.3, 0.4) is 0 Å². The standard InChI is InChI=1S/C26H54N2O2/c1-5-6-7-8-9-10-11-12-13-14-15-16-17-18-19-20-21-22-23-24-27-28-25(29)30-26(2,3)4/h27H,5-24H2,1-4H3,(H,28,29). The Morgan fingerprint density at radius 1 is 0.600 bits per heavy atom. The van der Waals surface area contributed by atoms with Crippen molar-refractivity contribution in [2.45, 2.75) is 155 Å². The van der Waals surface area contributed by atoms with Gasteiger partial charge >= 0.3 is 6.09 Å². The number of amides is 1. The highest BCUT2D eigenvalue weighted by molar-refractivity contribution is 5.66. The molecule has 0 aromatic heterocycles. The highest BCUT2D eigenvalue weighted by atomic mass is 16.6. The molecule has 2 N–H and O–H groups in total. The number of carbonyl (C=O) groups is 1. The second-order valence-electron chi connectivity index (χ2n) is 9.92. The predicted octanol–water partition coefficient (Wildman–Crippen LogP) is 8.45. The van der Waals surface area contributed by atoms with E-state index in [-0.39, 0.29) is 0 Å². The third-order valence-corrected chi connectivity index (χ3v) is 5.49. The minimum absolute atomic E-state index is 0.402. The zero-order valence-corrected chi connectivity index (χ0v) is 21.0. The van der Waals surface area contributed by atoms with Gasteiger partial charge in [0.15, 0.2) is 0 Å². The molecule has 0 aromatic carbocycles. The summed E-state index contributed by atoms with van der Waals surface area (Å²) in [6, 6.07) is 0. The Bertz CT molecular complexity index is 367. The van der Waals surface area contributed by atoms with Crippen LogP contribution in [0.5, 0.6) is 0 Å². The van der Waals surface area contributed by atoms with Gasteiger partial charge in [-0.1, -0.05) is 122 Å². The summed E-state index contributed by atoms with van der Waals surface area (Å²) in [6.45, 7) is 8.69. The average molecular weight is 427 g/mol. The van der Waals surface area contributed by atoms with Crippen LogP contribution in [0.15, 0.2) is 0 Å². The van der Waals surface area contributed by atoms with Gasteiger partial charge in [-0.15, -0.1) is 0 Å². The quantitative estimate of drug-likeness (QED) is 0.143. The van der Waals surface area contributed by atoms with Crippen LogP contribution in [-0.4, -0.2) is 18.2 Å². The molecule has 30 heavy (non-hydrogen) atoms. The first kappa shape index (κ1) is 29.2. The van der Waals surface area contributed by atoms with Crippen LogP contribution in [0.2, 0.25) is 0 Å². The summed E-state index contributed by atoms with van der Waals surface area (Å²) in [4.78, 5) is 11.5. The molecule has 180 valence electrons. The van der Waals surface area contributed by atoms with Crippen LogP contribution in [0.1, 0.15) is 150 Å². The monoisotopic (exact) mass is 426 g/mol. The number of hydrazine groups is 1. The summed E-state index contributed by atoms with van der Waals surface area (Å²) in [5.41, 5.74) is 5.08. The maximum absolute atomic E-state index is 11.5. The SMILES string of the molecule is CCCCCCCCCCCCCCCCCCCCCNNC(=O)OC(C)(C)C. The fraction of sp³-hybridized carbons (Fsp3) is 0.962. The van der Waals surface area contributed by atoms with E-state index in [1.54, 1.807) is 0 Å². The maximum atomic E-state index is 11.5. The molecule has 0 aliphatic carbocycles. The molecule has 0 bridgehead atoms. The van der Waals surface area contributed by atoms with Crippen molar-refractivity contribution in [1.82, 2.24) is 10.9 Å². The van der Waals surface area contributed by atoms with E-state index in [1.165, 1.54) is 116 Å². The lowest BCUT2D eigenvalue weighted by molar-refractivity contribution is 0.0498. The van der Waals surface area contributed by atoms with Gasteiger partial charge in [-0.3, -0.25) is 5.43 Å². The van der Waals surface area contributed by atoms with Crippen molar-refractivity contribution in [2.24, 2.45) is 0 Å². The van der Waals surface area contributed by atoms with Crippen molar-refractivity contribution in [1.29, 1.82) is 0 Å². The molecular weight excluding hydrogens is 372 g/mol. The molecule has 0 spiro atoms. The molecule has 4 nitrogen and oxygen atoms in total. The lowest BCUT2D eigenvalue weighted by atomic mass is 10.0. The van der Waals surface area contributed by atoms with Crippen LogP contribution in [-0.2, 0) is 4.74 Å². The topological polar surface area (TPSA) is 50.4 Å². The van der Waals surface area contributed by atoms with Gasteiger partial charge in [0, 0.05) is 6.54 Å². The Balaban J connectivity index is 3.11. The largest absolute Gasteiger partial charge is 0.443 e. The van der Waals surface area contributed by atoms with E-state index in [4.69, 9.17) is 4.74 Å². The Labute approximate surface area is 188 Å². The van der Waals surface area contributed by atoms with E-state index < -0.39 is 11.7 Å². The molecular formula is C26H54N2O2. The summed E-state index contributed by atoms with van der Waals surface area (Å²) < 4.78 is 5.17. The van der Waals surface area contributed by atoms with Crippen molar-refractivity contribution in [3.63, 3.8) is 0 Å². The second-order valence-corrected chi connectivity index (χ2v) is 9.92. The van der Waals surface area contributed by atoms with Gasteiger partial charge in [0.25, 0.3) is 0 Å². The van der Waals surface area contributed by atoms with Gasteiger partial charge in [0.05, 0.1) is 0 Å². The van der Waals surface area contributed by atoms with E-state index in [1.807, 2.05) is 20.8 Å². The van der Waals surface area contributed by atoms with Crippen molar-refractivity contribution < 1.29 is 9.53 Å². The molecule has 0 aliphatic rings. The first-order chi connectivity index (χ1) is 14.5. The molecule has 1 amide bonds. The van der Waals surface area contributed by atoms with Crippen LogP contribution < -0.4 is 10.9 Å². The predicted molar refractivity (Wildman–Crippen MR) is 131 cm³/mol. The van der Waals surface area contributed by atoms with E-state index in [9.17, 15) is 4.79 Å². The summed E-state index contributed by atoms with van der Waals surface area (Å²) >= 11 is 0. The van der Waals surface area contributed by atoms with Gasteiger partial charge in [-0.05, 0) is 27.2 Å². The Hall–Kier alpha value is -0.770. The lowest BCUT2D eigenvalue weighted by Crippen LogP contribution is -2.41. The number of rotatable bonds is 21. The smallest absolute Gasteiger partial charge is 0.422 e. The third-order valence-electron chi connectivity index (χ3n) is 5.49. The molecule has 0 atom stereocenters. The summed E-state index contributed by atoms with van der Waals surface area (Å²) in [6.07, 6.45) is 26.0. The lowest BCUT2D eigenvalue weighted by Gasteiger charge is -2.19. The van der Waals surface area contributed by atoms with Crippen LogP contribution >= 0.6 is 0 Å². The Morgan fingerprint density at radius 3 is 1.27 bits per heavy atom. The van der Waals surface area contributed by atoms with E-state index in [2.05, 4.69) is 17.8 Å². The molecule has 0 aromatic rings. The third kappa shape index (κ3) is 25.3. The minimum atomic E-state index is -0.445. The Morgan fingerprint density at radius 2 is 0.933 bits per heavy atom. The number of hydrogen-bond acceptors (Lipinski definition) is 3. The van der Waals surface area contributed by atoms with Crippen LogP contribution in [0, 0.1) is 0 Å². The number of ether oxygens (including phenoxy) is 1. The van der Waals surface area contributed by atoms with Crippen molar-refractivity contribution in [2.75, 3.05) is 6.54 Å². The molecule has 0 aliphatic heterocycles. The normalized spacial score (nSPS) is 11.6. The highest BCUT2D eigenvalue weighted by Gasteiger charge is 2.15. The zero-order valence-electron chi connectivity index (χ0n) is 21.0. The van der Waals surface area contributed by atoms with Crippen LogP contribution in [0.4, 0.5) is 4.79 Å². The Kier molecular flexibility index (Phi) is 20.9. The number of hydrogen-bond donors (Lipinski definition) is 2. The molecule has 0 heterocycles. The first-order valence-electron chi connectivity index (χ1n) is 13.2. The van der Waals surface area contributed by atoms with E-state index in [0.717, 1.165) is 13.0 Å². The fourth-order valence-electron chi connectivity index (χ4n) is 3.73. The molecule has 0 radical (unpaired) electrons.